The van der Waals surface area contributed by atoms with Crippen LogP contribution in [0.15, 0.2) is 0 Å². The second-order valence-electron chi connectivity index (χ2n) is 2.81. The van der Waals surface area contributed by atoms with Gasteiger partial charge in [-0.1, -0.05) is 0 Å². The minimum absolute atomic E-state index is 0. The zero-order valence-electron chi connectivity index (χ0n) is 6.58. The molecule has 0 atom stereocenters. The van der Waals surface area contributed by atoms with E-state index in [0.717, 1.165) is 0 Å². The Morgan fingerprint density at radius 1 is 1.27 bits per heavy atom. The van der Waals surface area contributed by atoms with Crippen molar-refractivity contribution in [2.24, 2.45) is 0 Å². The highest BCUT2D eigenvalue weighted by molar-refractivity contribution is 6.28. The Hall–Kier alpha value is -0.770. The van der Waals surface area contributed by atoms with Crippen molar-refractivity contribution >= 4 is 24.3 Å². The zero-order valence-corrected chi connectivity index (χ0v) is 7.40. The van der Waals surface area contributed by atoms with Crippen LogP contribution in [0.3, 0.4) is 0 Å². The van der Waals surface area contributed by atoms with Gasteiger partial charge < -0.3 is 9.84 Å². The minimum Gasteiger partial charge on any atom is -0.473 e. The summed E-state index contributed by atoms with van der Waals surface area (Å²) in [6, 6.07) is 0. The third kappa shape index (κ3) is 7.12. The SMILES string of the molecule is CC(C)(C)OC(=O)C(=O)O.Cl. The van der Waals surface area contributed by atoms with E-state index in [4.69, 9.17) is 5.11 Å². The van der Waals surface area contributed by atoms with Gasteiger partial charge in [-0.2, -0.15) is 0 Å². The van der Waals surface area contributed by atoms with Crippen molar-refractivity contribution in [3.05, 3.63) is 0 Å². The highest BCUT2D eigenvalue weighted by Crippen LogP contribution is 2.06. The lowest BCUT2D eigenvalue weighted by atomic mass is 10.2. The van der Waals surface area contributed by atoms with Gasteiger partial charge in [-0.25, -0.2) is 9.59 Å². The third-order valence-electron chi connectivity index (χ3n) is 0.574. The lowest BCUT2D eigenvalue weighted by molar-refractivity contribution is -0.171. The van der Waals surface area contributed by atoms with Gasteiger partial charge >= 0.3 is 11.9 Å². The number of halogens is 1. The Labute approximate surface area is 70.9 Å². The summed E-state index contributed by atoms with van der Waals surface area (Å²) in [5.41, 5.74) is -0.727. The predicted octanol–water partition coefficient (Wildman–Crippen LogP) is 0.834. The van der Waals surface area contributed by atoms with Gasteiger partial charge in [-0.15, -0.1) is 12.4 Å². The van der Waals surface area contributed by atoms with Gasteiger partial charge in [0.05, 0.1) is 0 Å². The van der Waals surface area contributed by atoms with Crippen LogP contribution in [0, 0.1) is 0 Å². The first kappa shape index (κ1) is 12.9. The molecule has 0 aromatic carbocycles. The second kappa shape index (κ2) is 4.18. The second-order valence-corrected chi connectivity index (χ2v) is 2.81. The molecule has 0 radical (unpaired) electrons. The molecule has 0 rings (SSSR count). The average molecular weight is 183 g/mol. The van der Waals surface area contributed by atoms with Crippen LogP contribution in [0.25, 0.3) is 0 Å². The monoisotopic (exact) mass is 182 g/mol. The van der Waals surface area contributed by atoms with E-state index in [9.17, 15) is 9.59 Å². The summed E-state index contributed by atoms with van der Waals surface area (Å²) in [4.78, 5) is 20.2. The number of rotatable bonds is 0. The normalized spacial score (nSPS) is 9.73. The van der Waals surface area contributed by atoms with E-state index in [-0.39, 0.29) is 12.4 Å². The van der Waals surface area contributed by atoms with Gasteiger partial charge in [0.1, 0.15) is 5.60 Å². The van der Waals surface area contributed by atoms with Crippen LogP contribution in [0.1, 0.15) is 20.8 Å². The number of carbonyl (C=O) groups is 2. The number of carboxylic acid groups (broad SMARTS) is 1. The highest BCUT2D eigenvalue weighted by atomic mass is 35.5. The van der Waals surface area contributed by atoms with Gasteiger partial charge in [0.25, 0.3) is 0 Å². The van der Waals surface area contributed by atoms with Gasteiger partial charge in [-0.3, -0.25) is 0 Å². The molecule has 0 spiro atoms. The fourth-order valence-corrected chi connectivity index (χ4v) is 0.322. The zero-order chi connectivity index (χ0) is 8.36. The number of ether oxygens (including phenoxy) is 1. The maximum Gasteiger partial charge on any atom is 0.417 e. The van der Waals surface area contributed by atoms with Gasteiger partial charge in [0.15, 0.2) is 0 Å². The Morgan fingerprint density at radius 3 is 1.73 bits per heavy atom. The quantitative estimate of drug-likeness (QED) is 0.445. The fourth-order valence-electron chi connectivity index (χ4n) is 0.322. The molecule has 0 aromatic rings. The summed E-state index contributed by atoms with van der Waals surface area (Å²) in [6.07, 6.45) is 0. The van der Waals surface area contributed by atoms with Gasteiger partial charge in [0.2, 0.25) is 0 Å². The smallest absolute Gasteiger partial charge is 0.417 e. The van der Waals surface area contributed by atoms with Crippen LogP contribution in [-0.2, 0) is 14.3 Å². The predicted molar refractivity (Wildman–Crippen MR) is 40.7 cm³/mol. The molecule has 5 heteroatoms. The Bertz CT molecular complexity index is 158. The first-order chi connectivity index (χ1) is 4.33. The first-order valence-corrected chi connectivity index (χ1v) is 2.79. The molecule has 1 N–H and O–H groups in total. The topological polar surface area (TPSA) is 63.6 Å². The summed E-state index contributed by atoms with van der Waals surface area (Å²) in [5.74, 6) is -2.78. The van der Waals surface area contributed by atoms with Crippen LogP contribution in [-0.4, -0.2) is 22.6 Å². The van der Waals surface area contributed by atoms with Crippen molar-refractivity contribution in [1.29, 1.82) is 0 Å². The van der Waals surface area contributed by atoms with E-state index in [0.29, 0.717) is 0 Å². The molecule has 0 bridgehead atoms. The van der Waals surface area contributed by atoms with E-state index >= 15 is 0 Å². The number of hydrogen-bond donors (Lipinski definition) is 1. The number of hydrogen-bond acceptors (Lipinski definition) is 3. The molecule has 0 aliphatic rings. The van der Waals surface area contributed by atoms with Crippen LogP contribution in [0.4, 0.5) is 0 Å². The standard InChI is InChI=1S/C6H10O4.ClH/c1-6(2,3)10-5(9)4(7)8;/h1-3H3,(H,7,8);1H. The van der Waals surface area contributed by atoms with Crippen LogP contribution in [0.5, 0.6) is 0 Å². The molecule has 4 nitrogen and oxygen atoms in total. The van der Waals surface area contributed by atoms with Crippen molar-refractivity contribution in [2.75, 3.05) is 0 Å². The first-order valence-electron chi connectivity index (χ1n) is 2.79. The largest absolute Gasteiger partial charge is 0.473 e. The summed E-state index contributed by atoms with van der Waals surface area (Å²) >= 11 is 0. The number of carboxylic acids is 1. The van der Waals surface area contributed by atoms with E-state index in [1.165, 1.54) is 0 Å². The van der Waals surface area contributed by atoms with Crippen LogP contribution in [0.2, 0.25) is 0 Å². The van der Waals surface area contributed by atoms with E-state index < -0.39 is 17.5 Å². The van der Waals surface area contributed by atoms with E-state index in [1.54, 1.807) is 20.8 Å². The van der Waals surface area contributed by atoms with Crippen molar-refractivity contribution in [3.8, 4) is 0 Å². The summed E-state index contributed by atoms with van der Waals surface area (Å²) in [5, 5.41) is 8.07. The summed E-state index contributed by atoms with van der Waals surface area (Å²) in [6.45, 7) is 4.81. The van der Waals surface area contributed by atoms with Crippen molar-refractivity contribution in [2.45, 2.75) is 26.4 Å². The van der Waals surface area contributed by atoms with Crippen LogP contribution < -0.4 is 0 Å². The Kier molecular flexibility index (Phi) is 4.89. The van der Waals surface area contributed by atoms with Gasteiger partial charge in [-0.05, 0) is 20.8 Å². The van der Waals surface area contributed by atoms with Crippen molar-refractivity contribution < 1.29 is 19.4 Å². The molecule has 0 saturated heterocycles. The number of carbonyl (C=O) groups excluding carboxylic acids is 1. The van der Waals surface area contributed by atoms with Crippen molar-refractivity contribution in [1.82, 2.24) is 0 Å². The minimum atomic E-state index is -1.56. The average Bonchev–Trinajstić information content (AvgIpc) is 1.60. The molecule has 0 unspecified atom stereocenters. The Morgan fingerprint density at radius 2 is 1.64 bits per heavy atom. The fraction of sp³-hybridized carbons (Fsp3) is 0.667. The lowest BCUT2D eigenvalue weighted by Crippen LogP contribution is -2.28. The third-order valence-corrected chi connectivity index (χ3v) is 0.574. The molecule has 66 valence electrons. The molecule has 0 aromatic heterocycles. The molecule has 0 aliphatic carbocycles. The molecule has 11 heavy (non-hydrogen) atoms. The van der Waals surface area contributed by atoms with E-state index in [2.05, 4.69) is 4.74 Å². The molecule has 0 heterocycles. The Balaban J connectivity index is 0. The molecule has 0 saturated carbocycles. The van der Waals surface area contributed by atoms with E-state index in [1.807, 2.05) is 0 Å². The van der Waals surface area contributed by atoms with Gasteiger partial charge in [0, 0.05) is 0 Å². The summed E-state index contributed by atoms with van der Waals surface area (Å²) in [7, 11) is 0. The molecular formula is C6H11ClO4. The molecular weight excluding hydrogens is 172 g/mol. The molecule has 0 aliphatic heterocycles. The summed E-state index contributed by atoms with van der Waals surface area (Å²) < 4.78 is 4.46. The maximum atomic E-state index is 10.3. The molecule has 0 amide bonds. The van der Waals surface area contributed by atoms with Crippen LogP contribution >= 0.6 is 12.4 Å². The molecule has 0 fully saturated rings. The highest BCUT2D eigenvalue weighted by Gasteiger charge is 2.21. The number of aliphatic carboxylic acids is 1. The maximum absolute atomic E-state index is 10.3. The number of esters is 1. The lowest BCUT2D eigenvalue weighted by Gasteiger charge is -2.17. The van der Waals surface area contributed by atoms with Crippen molar-refractivity contribution in [3.63, 3.8) is 0 Å².